The van der Waals surface area contributed by atoms with Crippen molar-refractivity contribution in [1.29, 1.82) is 0 Å². The van der Waals surface area contributed by atoms with Crippen LogP contribution in [0.3, 0.4) is 0 Å². The van der Waals surface area contributed by atoms with E-state index in [2.05, 4.69) is 55.3 Å². The lowest BCUT2D eigenvalue weighted by Gasteiger charge is -2.40. The van der Waals surface area contributed by atoms with Crippen LogP contribution in [0.5, 0.6) is 0 Å². The van der Waals surface area contributed by atoms with E-state index in [9.17, 15) is 14.9 Å². The van der Waals surface area contributed by atoms with Gasteiger partial charge in [0, 0.05) is 42.4 Å². The van der Waals surface area contributed by atoms with Gasteiger partial charge in [0.05, 0.1) is 11.0 Å². The van der Waals surface area contributed by atoms with E-state index in [1.165, 1.54) is 0 Å². The van der Waals surface area contributed by atoms with Crippen LogP contribution in [0.15, 0.2) is 60.2 Å². The van der Waals surface area contributed by atoms with Gasteiger partial charge in [-0.25, -0.2) is 0 Å². The van der Waals surface area contributed by atoms with Crippen molar-refractivity contribution in [2.45, 2.75) is 52.5 Å². The SMILES string of the molecule is C[C@@H]1CCCN(c2ccc([C@@H]3Nc4ccc5ccccc5c4C4=C3C(=O)CC(C)(C)C4)cc2[N+](=O)[O-])C1. The van der Waals surface area contributed by atoms with Gasteiger partial charge in [-0.1, -0.05) is 57.2 Å². The standard InChI is InChI=1S/C31H33N3O3/c1-19-7-6-14-33(18-19)25-13-11-21(15-26(25)34(36)37)30-29-23(16-31(2,3)17-27(29)35)28-22-9-5-4-8-20(22)10-12-24(28)32-30/h4-5,8-13,15,19,30,32H,6-7,14,16-18H2,1-3H3/t19-,30+/m1/s1. The summed E-state index contributed by atoms with van der Waals surface area (Å²) in [5.74, 6) is 0.634. The molecule has 6 heteroatoms. The van der Waals surface area contributed by atoms with Crippen LogP contribution in [0.2, 0.25) is 0 Å². The van der Waals surface area contributed by atoms with E-state index in [1.54, 1.807) is 6.07 Å². The van der Waals surface area contributed by atoms with Crippen LogP contribution in [-0.2, 0) is 4.79 Å². The van der Waals surface area contributed by atoms with E-state index in [0.29, 0.717) is 18.0 Å². The quantitative estimate of drug-likeness (QED) is 0.305. The number of allylic oxidation sites excluding steroid dienone is 1. The number of benzene rings is 3. The van der Waals surface area contributed by atoms with Crippen molar-refractivity contribution in [2.75, 3.05) is 23.3 Å². The van der Waals surface area contributed by atoms with Crippen molar-refractivity contribution in [3.63, 3.8) is 0 Å². The second kappa shape index (κ2) is 8.72. The van der Waals surface area contributed by atoms with Gasteiger partial charge >= 0.3 is 0 Å². The Labute approximate surface area is 217 Å². The Hall–Kier alpha value is -3.67. The Bertz CT molecular complexity index is 1470. The number of nitro groups is 1. The molecule has 0 unspecified atom stereocenters. The predicted octanol–water partition coefficient (Wildman–Crippen LogP) is 7.29. The first-order valence-electron chi connectivity index (χ1n) is 13.3. The van der Waals surface area contributed by atoms with Crippen LogP contribution in [0, 0.1) is 21.4 Å². The van der Waals surface area contributed by atoms with Gasteiger partial charge in [0.25, 0.3) is 5.69 Å². The molecular formula is C31H33N3O3. The van der Waals surface area contributed by atoms with Crippen LogP contribution in [0.4, 0.5) is 17.1 Å². The number of anilines is 2. The molecule has 0 spiro atoms. The van der Waals surface area contributed by atoms with Gasteiger partial charge in [-0.3, -0.25) is 14.9 Å². The van der Waals surface area contributed by atoms with Gasteiger partial charge in [-0.05, 0) is 64.6 Å². The molecule has 0 amide bonds. The first kappa shape index (κ1) is 23.7. The van der Waals surface area contributed by atoms with Gasteiger partial charge in [-0.15, -0.1) is 0 Å². The minimum absolute atomic E-state index is 0.114. The number of nitrogens with zero attached hydrogens (tertiary/aromatic N) is 2. The number of fused-ring (bicyclic) bond motifs is 4. The van der Waals surface area contributed by atoms with Crippen LogP contribution in [0.25, 0.3) is 16.3 Å². The van der Waals surface area contributed by atoms with Gasteiger partial charge in [0.1, 0.15) is 5.69 Å². The molecule has 190 valence electrons. The molecule has 37 heavy (non-hydrogen) atoms. The lowest BCUT2D eigenvalue weighted by atomic mass is 9.68. The third-order valence-electron chi connectivity index (χ3n) is 8.27. The Morgan fingerprint density at radius 3 is 2.68 bits per heavy atom. The minimum Gasteiger partial charge on any atom is -0.373 e. The molecule has 1 saturated heterocycles. The van der Waals surface area contributed by atoms with Gasteiger partial charge in [0.2, 0.25) is 0 Å². The summed E-state index contributed by atoms with van der Waals surface area (Å²) in [6.45, 7) is 8.15. The summed E-state index contributed by atoms with van der Waals surface area (Å²) in [6, 6.07) is 17.6. The van der Waals surface area contributed by atoms with Crippen LogP contribution in [0.1, 0.15) is 63.6 Å². The molecule has 6 nitrogen and oxygen atoms in total. The molecule has 0 radical (unpaired) electrons. The molecule has 6 rings (SSSR count). The summed E-state index contributed by atoms with van der Waals surface area (Å²) in [7, 11) is 0. The molecule has 0 bridgehead atoms. The van der Waals surface area contributed by atoms with E-state index >= 15 is 0 Å². The van der Waals surface area contributed by atoms with Crippen molar-refractivity contribution in [1.82, 2.24) is 0 Å². The number of Topliss-reactive ketones (excluding diaryl/α,β-unsaturated/α-hetero) is 1. The van der Waals surface area contributed by atoms with Crippen molar-refractivity contribution >= 4 is 39.2 Å². The maximum absolute atomic E-state index is 13.7. The molecule has 3 aliphatic rings. The summed E-state index contributed by atoms with van der Waals surface area (Å²) in [6.07, 6.45) is 3.45. The lowest BCUT2D eigenvalue weighted by Crippen LogP contribution is -2.35. The maximum Gasteiger partial charge on any atom is 0.292 e. The molecule has 1 N–H and O–H groups in total. The first-order valence-corrected chi connectivity index (χ1v) is 13.3. The Balaban J connectivity index is 1.51. The third kappa shape index (κ3) is 4.08. The van der Waals surface area contributed by atoms with Crippen molar-refractivity contribution in [2.24, 2.45) is 11.3 Å². The minimum atomic E-state index is -0.416. The van der Waals surface area contributed by atoms with E-state index in [0.717, 1.165) is 71.1 Å². The Morgan fingerprint density at radius 2 is 1.89 bits per heavy atom. The first-order chi connectivity index (χ1) is 17.7. The summed E-state index contributed by atoms with van der Waals surface area (Å²) >= 11 is 0. The van der Waals surface area contributed by atoms with Gasteiger partial charge in [0.15, 0.2) is 5.78 Å². The average molecular weight is 496 g/mol. The summed E-state index contributed by atoms with van der Waals surface area (Å²) in [5, 5.41) is 18.1. The number of carbonyl (C=O) groups is 1. The Kier molecular flexibility index (Phi) is 5.59. The molecule has 3 aromatic carbocycles. The molecule has 1 aliphatic carbocycles. The van der Waals surface area contributed by atoms with Crippen LogP contribution >= 0.6 is 0 Å². The summed E-state index contributed by atoms with van der Waals surface area (Å²) < 4.78 is 0. The molecule has 2 aliphatic heterocycles. The number of nitro benzene ring substituents is 1. The number of ketones is 1. The van der Waals surface area contributed by atoms with Crippen molar-refractivity contribution < 1.29 is 9.72 Å². The lowest BCUT2D eigenvalue weighted by molar-refractivity contribution is -0.384. The number of piperidine rings is 1. The highest BCUT2D eigenvalue weighted by molar-refractivity contribution is 6.12. The highest BCUT2D eigenvalue weighted by atomic mass is 16.6. The summed E-state index contributed by atoms with van der Waals surface area (Å²) in [4.78, 5) is 27.8. The van der Waals surface area contributed by atoms with Gasteiger partial charge < -0.3 is 10.2 Å². The van der Waals surface area contributed by atoms with E-state index in [1.807, 2.05) is 24.3 Å². The highest BCUT2D eigenvalue weighted by Crippen LogP contribution is 2.52. The van der Waals surface area contributed by atoms with Crippen LogP contribution in [-0.4, -0.2) is 23.8 Å². The average Bonchev–Trinajstić information content (AvgIpc) is 2.86. The number of hydrogen-bond acceptors (Lipinski definition) is 5. The fraction of sp³-hybridized carbons (Fsp3) is 0.387. The molecular weight excluding hydrogens is 462 g/mol. The monoisotopic (exact) mass is 495 g/mol. The number of hydrogen-bond donors (Lipinski definition) is 1. The van der Waals surface area contributed by atoms with E-state index < -0.39 is 6.04 Å². The molecule has 1 fully saturated rings. The van der Waals surface area contributed by atoms with Crippen LogP contribution < -0.4 is 10.2 Å². The zero-order valence-corrected chi connectivity index (χ0v) is 21.7. The van der Waals surface area contributed by atoms with Crippen molar-refractivity contribution in [3.8, 4) is 0 Å². The second-order valence-corrected chi connectivity index (χ2v) is 11.8. The Morgan fingerprint density at radius 1 is 1.08 bits per heavy atom. The number of carbonyl (C=O) groups excluding carboxylic acids is 1. The third-order valence-corrected chi connectivity index (χ3v) is 8.27. The van der Waals surface area contributed by atoms with E-state index in [4.69, 9.17) is 0 Å². The maximum atomic E-state index is 13.7. The molecule has 2 atom stereocenters. The zero-order valence-electron chi connectivity index (χ0n) is 21.7. The topological polar surface area (TPSA) is 75.5 Å². The highest BCUT2D eigenvalue weighted by Gasteiger charge is 2.41. The van der Waals surface area contributed by atoms with E-state index in [-0.39, 0.29) is 21.8 Å². The number of rotatable bonds is 3. The normalized spacial score (nSPS) is 22.9. The molecule has 0 aromatic heterocycles. The predicted molar refractivity (Wildman–Crippen MR) is 149 cm³/mol. The second-order valence-electron chi connectivity index (χ2n) is 11.8. The zero-order chi connectivity index (χ0) is 25.9. The van der Waals surface area contributed by atoms with Crippen molar-refractivity contribution in [3.05, 3.63) is 81.4 Å². The molecule has 2 heterocycles. The fourth-order valence-corrected chi connectivity index (χ4v) is 6.63. The van der Waals surface area contributed by atoms with Gasteiger partial charge in [-0.2, -0.15) is 0 Å². The molecule has 3 aromatic rings. The smallest absolute Gasteiger partial charge is 0.292 e. The number of nitrogens with one attached hydrogen (secondary N) is 1. The molecule has 0 saturated carbocycles. The fourth-order valence-electron chi connectivity index (χ4n) is 6.63. The largest absolute Gasteiger partial charge is 0.373 e. The summed E-state index contributed by atoms with van der Waals surface area (Å²) in [5.41, 5.74) is 5.32.